The van der Waals surface area contributed by atoms with Gasteiger partial charge in [0, 0.05) is 11.1 Å². The standard InChI is InChI=1S/C14H16O/c1-10-6-7-11-12-5-3-4-8-14(12,2)15-13(11)9-10/h5-7,9H,3-4,8H2,1-2H3. The van der Waals surface area contributed by atoms with Gasteiger partial charge in [-0.3, -0.25) is 0 Å². The van der Waals surface area contributed by atoms with Crippen molar-refractivity contribution in [3.05, 3.63) is 35.4 Å². The first-order valence-electron chi connectivity index (χ1n) is 5.70. The van der Waals surface area contributed by atoms with Crippen molar-refractivity contribution in [2.45, 2.75) is 38.7 Å². The molecule has 2 aliphatic rings. The Morgan fingerprint density at radius 1 is 1.33 bits per heavy atom. The third-order valence-electron chi connectivity index (χ3n) is 3.54. The smallest absolute Gasteiger partial charge is 0.132 e. The Bertz CT molecular complexity index is 445. The van der Waals surface area contributed by atoms with Crippen LogP contribution in [0.4, 0.5) is 0 Å². The summed E-state index contributed by atoms with van der Waals surface area (Å²) in [7, 11) is 0. The number of benzene rings is 1. The highest BCUT2D eigenvalue weighted by Crippen LogP contribution is 2.48. The number of fused-ring (bicyclic) bond motifs is 3. The van der Waals surface area contributed by atoms with E-state index < -0.39 is 0 Å². The monoisotopic (exact) mass is 200 g/mol. The summed E-state index contributed by atoms with van der Waals surface area (Å²) >= 11 is 0. The van der Waals surface area contributed by atoms with E-state index in [1.807, 2.05) is 0 Å². The first-order chi connectivity index (χ1) is 7.19. The van der Waals surface area contributed by atoms with Gasteiger partial charge in [-0.25, -0.2) is 0 Å². The zero-order valence-corrected chi connectivity index (χ0v) is 9.34. The van der Waals surface area contributed by atoms with E-state index in [1.54, 1.807) is 0 Å². The molecule has 1 nitrogen and oxygen atoms in total. The molecule has 1 aromatic rings. The number of hydrogen-bond acceptors (Lipinski definition) is 1. The molecule has 1 aliphatic heterocycles. The van der Waals surface area contributed by atoms with Crippen LogP contribution >= 0.6 is 0 Å². The predicted molar refractivity (Wildman–Crippen MR) is 62.0 cm³/mol. The highest BCUT2D eigenvalue weighted by atomic mass is 16.5. The molecule has 15 heavy (non-hydrogen) atoms. The first-order valence-corrected chi connectivity index (χ1v) is 5.70. The summed E-state index contributed by atoms with van der Waals surface area (Å²) in [6.07, 6.45) is 5.94. The summed E-state index contributed by atoms with van der Waals surface area (Å²) in [5.41, 5.74) is 3.94. The fraction of sp³-hybridized carbons (Fsp3) is 0.429. The molecule has 0 saturated heterocycles. The predicted octanol–water partition coefficient (Wildman–Crippen LogP) is 3.71. The molecule has 0 saturated carbocycles. The molecular formula is C14H16O. The average Bonchev–Trinajstić information content (AvgIpc) is 2.48. The lowest BCUT2D eigenvalue weighted by atomic mass is 9.83. The molecule has 1 atom stereocenters. The maximum atomic E-state index is 6.11. The molecule has 0 fully saturated rings. The molecule has 1 aromatic carbocycles. The molecule has 0 amide bonds. The Balaban J connectivity index is 2.17. The summed E-state index contributed by atoms with van der Waals surface area (Å²) < 4.78 is 6.11. The second-order valence-electron chi connectivity index (χ2n) is 4.84. The minimum absolute atomic E-state index is 0.0472. The second-order valence-corrected chi connectivity index (χ2v) is 4.84. The van der Waals surface area contributed by atoms with Gasteiger partial charge in [-0.2, -0.15) is 0 Å². The normalized spacial score (nSPS) is 27.7. The van der Waals surface area contributed by atoms with E-state index in [0.29, 0.717) is 0 Å². The lowest BCUT2D eigenvalue weighted by molar-refractivity contribution is 0.150. The molecule has 1 heterocycles. The quantitative estimate of drug-likeness (QED) is 0.620. The average molecular weight is 200 g/mol. The van der Waals surface area contributed by atoms with Crippen molar-refractivity contribution in [3.8, 4) is 5.75 Å². The maximum absolute atomic E-state index is 6.11. The second kappa shape index (κ2) is 2.88. The van der Waals surface area contributed by atoms with Crippen molar-refractivity contribution < 1.29 is 4.74 Å². The van der Waals surface area contributed by atoms with Gasteiger partial charge in [0.2, 0.25) is 0 Å². The Morgan fingerprint density at radius 2 is 2.20 bits per heavy atom. The molecule has 0 spiro atoms. The SMILES string of the molecule is Cc1ccc2c(c1)OC1(C)CCCC=C21. The van der Waals surface area contributed by atoms with E-state index in [0.717, 1.165) is 12.2 Å². The van der Waals surface area contributed by atoms with Gasteiger partial charge in [-0.05, 0) is 44.7 Å². The molecule has 1 aliphatic carbocycles. The van der Waals surface area contributed by atoms with E-state index in [2.05, 4.69) is 38.1 Å². The van der Waals surface area contributed by atoms with E-state index in [1.165, 1.54) is 29.5 Å². The molecule has 0 bridgehead atoms. The third kappa shape index (κ3) is 1.22. The molecule has 0 aromatic heterocycles. The fourth-order valence-electron chi connectivity index (χ4n) is 2.72. The lowest BCUT2D eigenvalue weighted by Gasteiger charge is -2.28. The van der Waals surface area contributed by atoms with Crippen molar-refractivity contribution in [1.29, 1.82) is 0 Å². The number of ether oxygens (including phenoxy) is 1. The van der Waals surface area contributed by atoms with Crippen LogP contribution in [-0.4, -0.2) is 5.60 Å². The van der Waals surface area contributed by atoms with Crippen molar-refractivity contribution in [3.63, 3.8) is 0 Å². The van der Waals surface area contributed by atoms with Crippen molar-refractivity contribution in [2.24, 2.45) is 0 Å². The first kappa shape index (κ1) is 9.02. The van der Waals surface area contributed by atoms with Gasteiger partial charge in [0.1, 0.15) is 11.4 Å². The van der Waals surface area contributed by atoms with Gasteiger partial charge in [-0.15, -0.1) is 0 Å². The Labute approximate surface area is 90.8 Å². The van der Waals surface area contributed by atoms with E-state index >= 15 is 0 Å². The molecule has 0 N–H and O–H groups in total. The lowest BCUT2D eigenvalue weighted by Crippen LogP contribution is -2.30. The molecule has 78 valence electrons. The number of rotatable bonds is 0. The summed E-state index contributed by atoms with van der Waals surface area (Å²) in [5, 5.41) is 0. The van der Waals surface area contributed by atoms with Crippen LogP contribution < -0.4 is 4.74 Å². The molecule has 3 rings (SSSR count). The molecular weight excluding hydrogens is 184 g/mol. The van der Waals surface area contributed by atoms with Gasteiger partial charge < -0.3 is 4.74 Å². The van der Waals surface area contributed by atoms with Crippen LogP contribution in [0.5, 0.6) is 5.75 Å². The van der Waals surface area contributed by atoms with Crippen LogP contribution in [0.3, 0.4) is 0 Å². The minimum atomic E-state index is -0.0472. The van der Waals surface area contributed by atoms with Crippen LogP contribution in [0, 0.1) is 6.92 Å². The Kier molecular flexibility index (Phi) is 1.73. The van der Waals surface area contributed by atoms with Gasteiger partial charge >= 0.3 is 0 Å². The Hall–Kier alpha value is -1.24. The number of allylic oxidation sites excluding steroid dienone is 1. The van der Waals surface area contributed by atoms with E-state index in [4.69, 9.17) is 4.74 Å². The largest absolute Gasteiger partial charge is 0.482 e. The van der Waals surface area contributed by atoms with E-state index in [-0.39, 0.29) is 5.60 Å². The van der Waals surface area contributed by atoms with Gasteiger partial charge in [0.25, 0.3) is 0 Å². The van der Waals surface area contributed by atoms with Gasteiger partial charge in [0.15, 0.2) is 0 Å². The highest BCUT2D eigenvalue weighted by molar-refractivity contribution is 5.80. The third-order valence-corrected chi connectivity index (χ3v) is 3.54. The highest BCUT2D eigenvalue weighted by Gasteiger charge is 2.40. The topological polar surface area (TPSA) is 9.23 Å². The Morgan fingerprint density at radius 3 is 3.07 bits per heavy atom. The van der Waals surface area contributed by atoms with Crippen molar-refractivity contribution in [2.75, 3.05) is 0 Å². The number of aryl methyl sites for hydroxylation is 1. The minimum Gasteiger partial charge on any atom is -0.482 e. The van der Waals surface area contributed by atoms with Crippen LogP contribution in [0.1, 0.15) is 37.3 Å². The van der Waals surface area contributed by atoms with Crippen LogP contribution in [-0.2, 0) is 0 Å². The fourth-order valence-corrected chi connectivity index (χ4v) is 2.72. The van der Waals surface area contributed by atoms with Crippen molar-refractivity contribution in [1.82, 2.24) is 0 Å². The van der Waals surface area contributed by atoms with E-state index in [9.17, 15) is 0 Å². The van der Waals surface area contributed by atoms with Crippen LogP contribution in [0.2, 0.25) is 0 Å². The molecule has 1 unspecified atom stereocenters. The van der Waals surface area contributed by atoms with Crippen LogP contribution in [0.25, 0.3) is 5.57 Å². The summed E-state index contributed by atoms with van der Waals surface area (Å²) in [6, 6.07) is 6.52. The van der Waals surface area contributed by atoms with Gasteiger partial charge in [-0.1, -0.05) is 18.2 Å². The molecule has 1 heteroatoms. The summed E-state index contributed by atoms with van der Waals surface area (Å²) in [4.78, 5) is 0. The zero-order valence-electron chi connectivity index (χ0n) is 9.34. The number of hydrogen-bond donors (Lipinski definition) is 0. The van der Waals surface area contributed by atoms with Crippen LogP contribution in [0.15, 0.2) is 24.3 Å². The maximum Gasteiger partial charge on any atom is 0.132 e. The summed E-state index contributed by atoms with van der Waals surface area (Å²) in [5.74, 6) is 1.07. The van der Waals surface area contributed by atoms with Gasteiger partial charge in [0.05, 0.1) is 0 Å². The summed E-state index contributed by atoms with van der Waals surface area (Å²) in [6.45, 7) is 4.33. The van der Waals surface area contributed by atoms with Crippen molar-refractivity contribution >= 4 is 5.57 Å². The molecule has 0 radical (unpaired) electrons. The zero-order chi connectivity index (χ0) is 10.5.